The summed E-state index contributed by atoms with van der Waals surface area (Å²) in [5.74, 6) is 0.723. The number of methoxy groups -OCH3 is 1. The summed E-state index contributed by atoms with van der Waals surface area (Å²) in [6, 6.07) is 15.6. The van der Waals surface area contributed by atoms with E-state index in [9.17, 15) is 0 Å². The van der Waals surface area contributed by atoms with Crippen molar-refractivity contribution in [2.75, 3.05) is 12.4 Å². The summed E-state index contributed by atoms with van der Waals surface area (Å²) in [5.41, 5.74) is 3.63. The Morgan fingerprint density at radius 1 is 1.09 bits per heavy atom. The van der Waals surface area contributed by atoms with Gasteiger partial charge in [-0.1, -0.05) is 30.3 Å². The number of nitrogens with zero attached hydrogens (tertiary/aromatic N) is 1. The van der Waals surface area contributed by atoms with E-state index in [-0.39, 0.29) is 0 Å². The van der Waals surface area contributed by atoms with Crippen molar-refractivity contribution >= 4 is 5.69 Å². The van der Waals surface area contributed by atoms with Gasteiger partial charge in [-0.05, 0) is 49.3 Å². The van der Waals surface area contributed by atoms with Gasteiger partial charge in [-0.2, -0.15) is 0 Å². The minimum Gasteiger partial charge on any atom is -0.382 e. The van der Waals surface area contributed by atoms with Gasteiger partial charge in [0.05, 0.1) is 12.3 Å². The first-order chi connectivity index (χ1) is 10.8. The van der Waals surface area contributed by atoms with Gasteiger partial charge < -0.3 is 10.1 Å². The van der Waals surface area contributed by atoms with Gasteiger partial charge in [0.2, 0.25) is 0 Å². The fourth-order valence-corrected chi connectivity index (χ4v) is 3.33. The average molecular weight is 296 g/mol. The average Bonchev–Trinajstić information content (AvgIpc) is 2.57. The molecule has 116 valence electrons. The molecule has 1 aliphatic carbocycles. The van der Waals surface area contributed by atoms with Crippen molar-refractivity contribution in [2.45, 2.75) is 44.2 Å². The lowest BCUT2D eigenvalue weighted by molar-refractivity contribution is 0.181. The van der Waals surface area contributed by atoms with Crippen molar-refractivity contribution in [3.8, 4) is 0 Å². The Morgan fingerprint density at radius 2 is 1.86 bits per heavy atom. The third-order valence-electron chi connectivity index (χ3n) is 4.48. The molecule has 1 fully saturated rings. The summed E-state index contributed by atoms with van der Waals surface area (Å²) in [4.78, 5) is 4.31. The van der Waals surface area contributed by atoms with E-state index in [1.807, 2.05) is 12.3 Å². The molecule has 2 aromatic rings. The molecule has 1 N–H and O–H groups in total. The summed E-state index contributed by atoms with van der Waals surface area (Å²) < 4.78 is 5.15. The van der Waals surface area contributed by atoms with E-state index in [1.54, 1.807) is 7.11 Å². The van der Waals surface area contributed by atoms with E-state index in [1.165, 1.54) is 31.2 Å². The predicted octanol–water partition coefficient (Wildman–Crippen LogP) is 4.37. The molecule has 1 aliphatic rings. The van der Waals surface area contributed by atoms with Gasteiger partial charge in [-0.3, -0.25) is 4.98 Å². The van der Waals surface area contributed by atoms with Gasteiger partial charge in [-0.25, -0.2) is 0 Å². The van der Waals surface area contributed by atoms with E-state index < -0.39 is 0 Å². The lowest BCUT2D eigenvalue weighted by atomic mass is 9.82. The van der Waals surface area contributed by atoms with Crippen molar-refractivity contribution in [1.82, 2.24) is 4.98 Å². The Labute approximate surface area is 132 Å². The number of nitrogens with one attached hydrogen (secondary N) is 1. The molecule has 22 heavy (non-hydrogen) atoms. The summed E-state index contributed by atoms with van der Waals surface area (Å²) >= 11 is 0. The number of pyridine rings is 1. The zero-order valence-electron chi connectivity index (χ0n) is 13.2. The van der Waals surface area contributed by atoms with E-state index in [4.69, 9.17) is 4.74 Å². The van der Waals surface area contributed by atoms with Crippen LogP contribution in [0.25, 0.3) is 0 Å². The van der Waals surface area contributed by atoms with Crippen LogP contribution in [0.5, 0.6) is 0 Å². The van der Waals surface area contributed by atoms with Crippen LogP contribution in [0, 0.1) is 0 Å². The van der Waals surface area contributed by atoms with Crippen LogP contribution in [0.3, 0.4) is 0 Å². The third kappa shape index (κ3) is 3.86. The molecule has 0 aliphatic heterocycles. The second kappa shape index (κ2) is 7.41. The van der Waals surface area contributed by atoms with Crippen LogP contribution in [0.1, 0.15) is 42.9 Å². The number of rotatable bonds is 5. The van der Waals surface area contributed by atoms with Gasteiger partial charge in [-0.15, -0.1) is 0 Å². The highest BCUT2D eigenvalue weighted by Gasteiger charge is 2.22. The highest BCUT2D eigenvalue weighted by Crippen LogP contribution is 2.33. The molecule has 3 heteroatoms. The number of ether oxygens (including phenoxy) is 1. The van der Waals surface area contributed by atoms with Crippen molar-refractivity contribution in [3.05, 3.63) is 59.9 Å². The highest BCUT2D eigenvalue weighted by atomic mass is 16.5. The topological polar surface area (TPSA) is 34.1 Å². The summed E-state index contributed by atoms with van der Waals surface area (Å²) in [6.07, 6.45) is 6.82. The molecule has 1 aromatic heterocycles. The maximum Gasteiger partial charge on any atom is 0.0884 e. The molecular weight excluding hydrogens is 272 g/mol. The number of benzene rings is 1. The minimum atomic E-state index is 0.566. The minimum absolute atomic E-state index is 0.566. The Kier molecular flexibility index (Phi) is 5.07. The van der Waals surface area contributed by atoms with Gasteiger partial charge in [0.25, 0.3) is 0 Å². The molecule has 1 saturated carbocycles. The van der Waals surface area contributed by atoms with Crippen LogP contribution < -0.4 is 5.32 Å². The number of hydrogen-bond donors (Lipinski definition) is 1. The summed E-state index contributed by atoms with van der Waals surface area (Å²) in [6.45, 7) is 0.566. The number of aromatic nitrogens is 1. The van der Waals surface area contributed by atoms with Gasteiger partial charge in [0.1, 0.15) is 0 Å². The molecule has 1 aromatic carbocycles. The Morgan fingerprint density at radius 3 is 2.59 bits per heavy atom. The summed E-state index contributed by atoms with van der Waals surface area (Å²) in [7, 11) is 1.70. The van der Waals surface area contributed by atoms with Crippen LogP contribution in [0.4, 0.5) is 5.69 Å². The summed E-state index contributed by atoms with van der Waals surface area (Å²) in [5, 5.41) is 3.66. The fourth-order valence-electron chi connectivity index (χ4n) is 3.33. The molecule has 0 saturated heterocycles. The van der Waals surface area contributed by atoms with Crippen LogP contribution in [0.2, 0.25) is 0 Å². The molecule has 0 unspecified atom stereocenters. The fraction of sp³-hybridized carbons (Fsp3) is 0.421. The molecule has 0 spiro atoms. The van der Waals surface area contributed by atoms with Gasteiger partial charge >= 0.3 is 0 Å². The molecule has 0 atom stereocenters. The molecule has 3 rings (SSSR count). The second-order valence-electron chi connectivity index (χ2n) is 6.07. The zero-order chi connectivity index (χ0) is 15.2. The largest absolute Gasteiger partial charge is 0.382 e. The normalized spacial score (nSPS) is 21.5. The van der Waals surface area contributed by atoms with Gasteiger partial charge in [0, 0.05) is 25.0 Å². The van der Waals surface area contributed by atoms with E-state index >= 15 is 0 Å². The van der Waals surface area contributed by atoms with Crippen molar-refractivity contribution in [1.29, 1.82) is 0 Å². The van der Waals surface area contributed by atoms with E-state index in [0.717, 1.165) is 17.3 Å². The van der Waals surface area contributed by atoms with E-state index in [0.29, 0.717) is 12.6 Å². The second-order valence-corrected chi connectivity index (χ2v) is 6.07. The molecule has 0 amide bonds. The third-order valence-corrected chi connectivity index (χ3v) is 4.48. The zero-order valence-corrected chi connectivity index (χ0v) is 13.2. The maximum atomic E-state index is 5.15. The molecule has 1 heterocycles. The number of hydrogen-bond acceptors (Lipinski definition) is 3. The first kappa shape index (κ1) is 15.0. The SMILES string of the molecule is COCc1cc(N[C@H]2CC[C@@H](c3ccccc3)CC2)ccn1. The predicted molar refractivity (Wildman–Crippen MR) is 90.0 cm³/mol. The monoisotopic (exact) mass is 296 g/mol. The van der Waals surface area contributed by atoms with Crippen molar-refractivity contribution in [2.24, 2.45) is 0 Å². The quantitative estimate of drug-likeness (QED) is 0.890. The van der Waals surface area contributed by atoms with Crippen LogP contribution in [-0.2, 0) is 11.3 Å². The smallest absolute Gasteiger partial charge is 0.0884 e. The van der Waals surface area contributed by atoms with Crippen LogP contribution in [-0.4, -0.2) is 18.1 Å². The first-order valence-corrected chi connectivity index (χ1v) is 8.10. The lowest BCUT2D eigenvalue weighted by Gasteiger charge is -2.30. The van der Waals surface area contributed by atoms with Gasteiger partial charge in [0.15, 0.2) is 0 Å². The Hall–Kier alpha value is -1.87. The number of anilines is 1. The molecule has 3 nitrogen and oxygen atoms in total. The van der Waals surface area contributed by atoms with Crippen LogP contribution in [0.15, 0.2) is 48.7 Å². The van der Waals surface area contributed by atoms with Crippen LogP contribution >= 0.6 is 0 Å². The first-order valence-electron chi connectivity index (χ1n) is 8.10. The Bertz CT molecular complexity index is 577. The lowest BCUT2D eigenvalue weighted by Crippen LogP contribution is -2.25. The molecule has 0 bridgehead atoms. The molecular formula is C19H24N2O. The standard InChI is InChI=1S/C19H24N2O/c1-22-14-19-13-18(11-12-20-19)21-17-9-7-16(8-10-17)15-5-3-2-4-6-15/h2-6,11-13,16-17H,7-10,14H2,1H3,(H,20,21)/t16-,17+. The maximum absolute atomic E-state index is 5.15. The van der Waals surface area contributed by atoms with E-state index in [2.05, 4.69) is 46.7 Å². The molecule has 0 radical (unpaired) electrons. The van der Waals surface area contributed by atoms with Crippen molar-refractivity contribution in [3.63, 3.8) is 0 Å². The highest BCUT2D eigenvalue weighted by molar-refractivity contribution is 5.44. The van der Waals surface area contributed by atoms with Crippen molar-refractivity contribution < 1.29 is 4.74 Å². The Balaban J connectivity index is 1.55.